The van der Waals surface area contributed by atoms with E-state index < -0.39 is 10.2 Å². The van der Waals surface area contributed by atoms with Crippen molar-refractivity contribution in [3.63, 3.8) is 0 Å². The predicted molar refractivity (Wildman–Crippen MR) is 116 cm³/mol. The Bertz CT molecular complexity index is 914. The van der Waals surface area contributed by atoms with Gasteiger partial charge in [-0.05, 0) is 30.2 Å². The summed E-state index contributed by atoms with van der Waals surface area (Å²) in [5, 5.41) is 3.34. The molecule has 3 rings (SSSR count). The molecule has 0 aromatic carbocycles. The molecule has 156 valence electrons. The SMILES string of the molecule is CCN(CC)S(=O)(=O)N1CCN(c2nc(C)nc3scc(CC(C)C)c23)CC1. The van der Waals surface area contributed by atoms with Gasteiger partial charge in [0.2, 0.25) is 0 Å². The summed E-state index contributed by atoms with van der Waals surface area (Å²) in [5.41, 5.74) is 1.29. The number of fused-ring (bicyclic) bond motifs is 1. The van der Waals surface area contributed by atoms with Crippen LogP contribution in [0.1, 0.15) is 39.1 Å². The van der Waals surface area contributed by atoms with Gasteiger partial charge in [0.1, 0.15) is 16.5 Å². The van der Waals surface area contributed by atoms with Crippen LogP contribution in [0.25, 0.3) is 10.2 Å². The molecular weight excluding hydrogens is 394 g/mol. The smallest absolute Gasteiger partial charge is 0.282 e. The van der Waals surface area contributed by atoms with Crippen LogP contribution < -0.4 is 4.90 Å². The van der Waals surface area contributed by atoms with E-state index in [1.165, 1.54) is 9.87 Å². The number of hydrogen-bond donors (Lipinski definition) is 0. The highest BCUT2D eigenvalue weighted by Gasteiger charge is 2.32. The van der Waals surface area contributed by atoms with Crippen molar-refractivity contribution >= 4 is 37.6 Å². The minimum absolute atomic E-state index is 0.479. The van der Waals surface area contributed by atoms with Gasteiger partial charge in [0, 0.05) is 39.3 Å². The normalized spacial score (nSPS) is 16.6. The molecule has 0 unspecified atom stereocenters. The van der Waals surface area contributed by atoms with E-state index in [1.807, 2.05) is 20.8 Å². The summed E-state index contributed by atoms with van der Waals surface area (Å²) in [7, 11) is -3.38. The number of aryl methyl sites for hydroxylation is 1. The number of rotatable bonds is 7. The molecule has 9 heteroatoms. The highest BCUT2D eigenvalue weighted by molar-refractivity contribution is 7.86. The molecular formula is C19H31N5O2S2. The summed E-state index contributed by atoms with van der Waals surface area (Å²) >= 11 is 1.67. The van der Waals surface area contributed by atoms with E-state index in [9.17, 15) is 8.42 Å². The Hall–Kier alpha value is -1.29. The maximum Gasteiger partial charge on any atom is 0.282 e. The van der Waals surface area contributed by atoms with Gasteiger partial charge < -0.3 is 4.90 Å². The fraction of sp³-hybridized carbons (Fsp3) is 0.684. The molecule has 1 saturated heterocycles. The summed E-state index contributed by atoms with van der Waals surface area (Å²) < 4.78 is 28.7. The topological polar surface area (TPSA) is 69.6 Å². The Morgan fingerprint density at radius 1 is 1.14 bits per heavy atom. The lowest BCUT2D eigenvalue weighted by atomic mass is 10.0. The first-order valence-corrected chi connectivity index (χ1v) is 12.3. The van der Waals surface area contributed by atoms with Gasteiger partial charge in [-0.25, -0.2) is 9.97 Å². The van der Waals surface area contributed by atoms with E-state index in [2.05, 4.69) is 29.1 Å². The third kappa shape index (κ3) is 4.17. The van der Waals surface area contributed by atoms with Gasteiger partial charge in [-0.3, -0.25) is 0 Å². The summed E-state index contributed by atoms with van der Waals surface area (Å²) in [6.07, 6.45) is 0.996. The third-order valence-electron chi connectivity index (χ3n) is 5.13. The van der Waals surface area contributed by atoms with Gasteiger partial charge in [0.05, 0.1) is 5.39 Å². The second kappa shape index (κ2) is 8.61. The van der Waals surface area contributed by atoms with E-state index in [-0.39, 0.29) is 0 Å². The van der Waals surface area contributed by atoms with E-state index in [4.69, 9.17) is 4.98 Å². The van der Waals surface area contributed by atoms with Crippen LogP contribution >= 0.6 is 11.3 Å². The predicted octanol–water partition coefficient (Wildman–Crippen LogP) is 2.91. The van der Waals surface area contributed by atoms with Crippen LogP contribution in [0.2, 0.25) is 0 Å². The van der Waals surface area contributed by atoms with E-state index in [0.29, 0.717) is 45.2 Å². The molecule has 1 aliphatic rings. The average molecular weight is 426 g/mol. The molecule has 0 amide bonds. The molecule has 1 fully saturated rings. The van der Waals surface area contributed by atoms with Gasteiger partial charge in [0.15, 0.2) is 0 Å². The Labute approximate surface area is 172 Å². The molecule has 2 aromatic rings. The first-order valence-electron chi connectivity index (χ1n) is 10.0. The van der Waals surface area contributed by atoms with E-state index in [0.717, 1.165) is 28.3 Å². The summed E-state index contributed by atoms with van der Waals surface area (Å²) in [4.78, 5) is 12.6. The van der Waals surface area contributed by atoms with Gasteiger partial charge in [-0.15, -0.1) is 11.3 Å². The van der Waals surface area contributed by atoms with Gasteiger partial charge >= 0.3 is 0 Å². The molecule has 0 N–H and O–H groups in total. The quantitative estimate of drug-likeness (QED) is 0.682. The van der Waals surface area contributed by atoms with Crippen molar-refractivity contribution < 1.29 is 8.42 Å². The maximum absolute atomic E-state index is 12.8. The second-order valence-electron chi connectivity index (χ2n) is 7.61. The lowest BCUT2D eigenvalue weighted by Crippen LogP contribution is -2.53. The number of nitrogens with zero attached hydrogens (tertiary/aromatic N) is 5. The molecule has 1 aliphatic heterocycles. The molecule has 0 radical (unpaired) electrons. The molecule has 28 heavy (non-hydrogen) atoms. The molecule has 7 nitrogen and oxygen atoms in total. The second-order valence-corrected chi connectivity index (χ2v) is 10.4. The van der Waals surface area contributed by atoms with Crippen molar-refractivity contribution in [3.05, 3.63) is 16.8 Å². The monoisotopic (exact) mass is 425 g/mol. The van der Waals surface area contributed by atoms with Crippen molar-refractivity contribution in [2.24, 2.45) is 5.92 Å². The van der Waals surface area contributed by atoms with Crippen molar-refractivity contribution in [1.29, 1.82) is 0 Å². The summed E-state index contributed by atoms with van der Waals surface area (Å²) in [6.45, 7) is 13.4. The number of piperazine rings is 1. The Morgan fingerprint density at radius 3 is 2.36 bits per heavy atom. The fourth-order valence-electron chi connectivity index (χ4n) is 3.75. The Morgan fingerprint density at radius 2 is 1.79 bits per heavy atom. The molecule has 2 aromatic heterocycles. The van der Waals surface area contributed by atoms with Crippen molar-refractivity contribution in [2.45, 2.75) is 41.0 Å². The van der Waals surface area contributed by atoms with Crippen LogP contribution in [-0.2, 0) is 16.6 Å². The lowest BCUT2D eigenvalue weighted by Gasteiger charge is -2.37. The summed E-state index contributed by atoms with van der Waals surface area (Å²) in [5.74, 6) is 2.28. The van der Waals surface area contributed by atoms with Crippen LogP contribution in [0.15, 0.2) is 5.38 Å². The van der Waals surface area contributed by atoms with Crippen LogP contribution in [0.3, 0.4) is 0 Å². The molecule has 0 bridgehead atoms. The zero-order valence-corrected chi connectivity index (χ0v) is 19.1. The van der Waals surface area contributed by atoms with E-state index in [1.54, 1.807) is 15.6 Å². The molecule has 0 aliphatic carbocycles. The zero-order chi connectivity index (χ0) is 20.5. The van der Waals surface area contributed by atoms with Gasteiger partial charge in [-0.1, -0.05) is 27.7 Å². The molecule has 0 atom stereocenters. The minimum Gasteiger partial charge on any atom is -0.353 e. The first-order chi connectivity index (χ1) is 13.3. The van der Waals surface area contributed by atoms with Crippen molar-refractivity contribution in [1.82, 2.24) is 18.6 Å². The molecule has 0 saturated carbocycles. The number of thiophene rings is 1. The van der Waals surface area contributed by atoms with Crippen LogP contribution in [-0.4, -0.2) is 66.3 Å². The van der Waals surface area contributed by atoms with Crippen LogP contribution in [0.4, 0.5) is 5.82 Å². The Kier molecular flexibility index (Phi) is 6.58. The lowest BCUT2D eigenvalue weighted by molar-refractivity contribution is 0.334. The highest BCUT2D eigenvalue weighted by Crippen LogP contribution is 2.34. The average Bonchev–Trinajstić information content (AvgIpc) is 3.03. The maximum atomic E-state index is 12.8. The highest BCUT2D eigenvalue weighted by atomic mass is 32.2. The molecule has 0 spiro atoms. The van der Waals surface area contributed by atoms with Crippen LogP contribution in [0.5, 0.6) is 0 Å². The third-order valence-corrected chi connectivity index (χ3v) is 8.23. The van der Waals surface area contributed by atoms with Crippen molar-refractivity contribution in [2.75, 3.05) is 44.2 Å². The number of aromatic nitrogens is 2. The van der Waals surface area contributed by atoms with Gasteiger partial charge in [0.25, 0.3) is 10.2 Å². The number of anilines is 1. The van der Waals surface area contributed by atoms with Gasteiger partial charge in [-0.2, -0.15) is 17.0 Å². The molecule has 3 heterocycles. The summed E-state index contributed by atoms with van der Waals surface area (Å²) in [6, 6.07) is 0. The van der Waals surface area contributed by atoms with Crippen LogP contribution in [0, 0.1) is 12.8 Å². The largest absolute Gasteiger partial charge is 0.353 e. The minimum atomic E-state index is -3.38. The zero-order valence-electron chi connectivity index (χ0n) is 17.5. The Balaban J connectivity index is 1.86. The fourth-order valence-corrected chi connectivity index (χ4v) is 6.34. The number of hydrogen-bond acceptors (Lipinski definition) is 6. The van der Waals surface area contributed by atoms with E-state index >= 15 is 0 Å². The first kappa shape index (κ1) is 21.4. The van der Waals surface area contributed by atoms with Crippen molar-refractivity contribution in [3.8, 4) is 0 Å². The standard InChI is InChI=1S/C19H31N5O2S2/c1-6-23(7-2)28(25,26)24-10-8-22(9-11-24)18-17-16(12-14(3)4)13-27-19(17)21-15(5)20-18/h13-14H,6-12H2,1-5H3.